The maximum absolute atomic E-state index is 12.6. The molecule has 2 aromatic rings. The van der Waals surface area contributed by atoms with Crippen LogP contribution < -0.4 is 10.0 Å². The molecule has 0 fully saturated rings. The van der Waals surface area contributed by atoms with Crippen LogP contribution in [0.15, 0.2) is 53.4 Å². The van der Waals surface area contributed by atoms with Crippen molar-refractivity contribution in [2.45, 2.75) is 45.4 Å². The number of amides is 1. The van der Waals surface area contributed by atoms with Crippen molar-refractivity contribution in [3.63, 3.8) is 0 Å². The van der Waals surface area contributed by atoms with Crippen LogP contribution in [-0.4, -0.2) is 14.3 Å². The van der Waals surface area contributed by atoms with Gasteiger partial charge in [-0.25, -0.2) is 8.42 Å². The van der Waals surface area contributed by atoms with Crippen LogP contribution in [0.2, 0.25) is 0 Å². The predicted molar refractivity (Wildman–Crippen MR) is 106 cm³/mol. The number of aryl methyl sites for hydroxylation is 1. The summed E-state index contributed by atoms with van der Waals surface area (Å²) >= 11 is 0. The lowest BCUT2D eigenvalue weighted by Gasteiger charge is -2.18. The molecule has 0 unspecified atom stereocenters. The lowest BCUT2D eigenvalue weighted by Crippen LogP contribution is -2.27. The molecule has 2 N–H and O–H groups in total. The Hall–Kier alpha value is -2.34. The summed E-state index contributed by atoms with van der Waals surface area (Å²) in [6.07, 6.45) is 1.93. The average Bonchev–Trinajstić information content (AvgIpc) is 2.54. The Kier molecular flexibility index (Phi) is 6.08. The molecule has 0 heterocycles. The fraction of sp³-hybridized carbons (Fsp3) is 0.350. The maximum Gasteiger partial charge on any atom is 0.261 e. The van der Waals surface area contributed by atoms with E-state index in [1.807, 2.05) is 32.9 Å². The van der Waals surface area contributed by atoms with Crippen LogP contribution in [0.4, 0.5) is 11.4 Å². The van der Waals surface area contributed by atoms with E-state index in [0.717, 1.165) is 18.4 Å². The van der Waals surface area contributed by atoms with Gasteiger partial charge in [-0.3, -0.25) is 9.52 Å². The van der Waals surface area contributed by atoms with Gasteiger partial charge in [0, 0.05) is 11.1 Å². The van der Waals surface area contributed by atoms with Gasteiger partial charge >= 0.3 is 0 Å². The lowest BCUT2D eigenvalue weighted by atomic mass is 9.95. The third-order valence-corrected chi connectivity index (χ3v) is 5.22. The van der Waals surface area contributed by atoms with E-state index < -0.39 is 15.4 Å². The second kappa shape index (κ2) is 7.91. The van der Waals surface area contributed by atoms with Crippen LogP contribution in [0.25, 0.3) is 0 Å². The molecule has 26 heavy (non-hydrogen) atoms. The van der Waals surface area contributed by atoms with E-state index in [4.69, 9.17) is 0 Å². The Balaban J connectivity index is 2.16. The van der Waals surface area contributed by atoms with Gasteiger partial charge in [-0.05, 0) is 42.3 Å². The minimum Gasteiger partial charge on any atom is -0.326 e. The first-order valence-electron chi connectivity index (χ1n) is 8.65. The zero-order valence-corrected chi connectivity index (χ0v) is 16.5. The van der Waals surface area contributed by atoms with E-state index in [-0.39, 0.29) is 10.8 Å². The fourth-order valence-electron chi connectivity index (χ4n) is 2.32. The number of hydrogen-bond acceptors (Lipinski definition) is 3. The summed E-state index contributed by atoms with van der Waals surface area (Å²) in [6.45, 7) is 7.53. The third-order valence-electron chi connectivity index (χ3n) is 3.83. The highest BCUT2D eigenvalue weighted by atomic mass is 32.2. The summed E-state index contributed by atoms with van der Waals surface area (Å²) in [5.41, 5.74) is 1.52. The standard InChI is InChI=1S/C20H26N2O3S/c1-5-7-15-10-12-18(13-11-15)26(24,25)22-17-9-6-8-16(14-17)21-19(23)20(2,3)4/h6,8-14,22H,5,7H2,1-4H3,(H,21,23). The van der Waals surface area contributed by atoms with Crippen molar-refractivity contribution < 1.29 is 13.2 Å². The van der Waals surface area contributed by atoms with E-state index in [1.165, 1.54) is 0 Å². The molecule has 0 bridgehead atoms. The van der Waals surface area contributed by atoms with Gasteiger partial charge in [-0.1, -0.05) is 52.3 Å². The number of nitrogens with one attached hydrogen (secondary N) is 2. The Morgan fingerprint density at radius 2 is 1.62 bits per heavy atom. The van der Waals surface area contributed by atoms with Crippen LogP contribution in [0, 0.1) is 5.41 Å². The van der Waals surface area contributed by atoms with Gasteiger partial charge in [0.1, 0.15) is 0 Å². The van der Waals surface area contributed by atoms with Gasteiger partial charge in [-0.15, -0.1) is 0 Å². The Morgan fingerprint density at radius 3 is 2.19 bits per heavy atom. The van der Waals surface area contributed by atoms with Crippen molar-refractivity contribution >= 4 is 27.3 Å². The lowest BCUT2D eigenvalue weighted by molar-refractivity contribution is -0.123. The first-order chi connectivity index (χ1) is 12.1. The number of carbonyl (C=O) groups excluding carboxylic acids is 1. The number of rotatable bonds is 6. The van der Waals surface area contributed by atoms with Gasteiger partial charge in [0.15, 0.2) is 0 Å². The fourth-order valence-corrected chi connectivity index (χ4v) is 3.37. The molecule has 2 rings (SSSR count). The summed E-state index contributed by atoms with van der Waals surface area (Å²) in [6, 6.07) is 13.6. The molecular weight excluding hydrogens is 348 g/mol. The molecule has 0 radical (unpaired) electrons. The molecule has 1 amide bonds. The molecule has 0 aromatic heterocycles. The zero-order valence-electron chi connectivity index (χ0n) is 15.7. The average molecular weight is 375 g/mol. The molecule has 0 spiro atoms. The summed E-state index contributed by atoms with van der Waals surface area (Å²) in [5.74, 6) is -0.135. The Bertz CT molecular complexity index is 867. The largest absolute Gasteiger partial charge is 0.326 e. The smallest absolute Gasteiger partial charge is 0.261 e. The molecule has 0 atom stereocenters. The number of sulfonamides is 1. The van der Waals surface area contributed by atoms with Crippen molar-refractivity contribution in [3.05, 3.63) is 54.1 Å². The minimum absolute atomic E-state index is 0.135. The normalized spacial score (nSPS) is 11.8. The van der Waals surface area contributed by atoms with Crippen LogP contribution >= 0.6 is 0 Å². The topological polar surface area (TPSA) is 75.3 Å². The third kappa shape index (κ3) is 5.33. The minimum atomic E-state index is -3.68. The van der Waals surface area contributed by atoms with E-state index in [9.17, 15) is 13.2 Å². The van der Waals surface area contributed by atoms with Crippen molar-refractivity contribution in [2.75, 3.05) is 10.0 Å². The van der Waals surface area contributed by atoms with Crippen LogP contribution in [0.1, 0.15) is 39.7 Å². The Morgan fingerprint density at radius 1 is 1.00 bits per heavy atom. The highest BCUT2D eigenvalue weighted by molar-refractivity contribution is 7.92. The van der Waals surface area contributed by atoms with Gasteiger partial charge in [0.2, 0.25) is 5.91 Å². The molecule has 0 aliphatic heterocycles. The van der Waals surface area contributed by atoms with Gasteiger partial charge < -0.3 is 5.32 Å². The summed E-state index contributed by atoms with van der Waals surface area (Å²) in [5, 5.41) is 2.80. The van der Waals surface area contributed by atoms with Crippen LogP contribution in [-0.2, 0) is 21.2 Å². The van der Waals surface area contributed by atoms with E-state index >= 15 is 0 Å². The zero-order chi connectivity index (χ0) is 19.4. The molecule has 5 nitrogen and oxygen atoms in total. The molecule has 2 aromatic carbocycles. The second-order valence-corrected chi connectivity index (χ2v) is 8.97. The first-order valence-corrected chi connectivity index (χ1v) is 10.1. The van der Waals surface area contributed by atoms with Crippen molar-refractivity contribution in [1.82, 2.24) is 0 Å². The molecular formula is C20H26N2O3S. The van der Waals surface area contributed by atoms with Gasteiger partial charge in [-0.2, -0.15) is 0 Å². The number of hydrogen-bond donors (Lipinski definition) is 2. The number of carbonyl (C=O) groups is 1. The number of benzene rings is 2. The summed E-state index contributed by atoms with van der Waals surface area (Å²) in [7, 11) is -3.68. The summed E-state index contributed by atoms with van der Waals surface area (Å²) < 4.78 is 27.7. The molecule has 0 saturated carbocycles. The molecule has 140 valence electrons. The predicted octanol–water partition coefficient (Wildman–Crippen LogP) is 4.42. The van der Waals surface area contributed by atoms with Crippen molar-refractivity contribution in [2.24, 2.45) is 5.41 Å². The number of anilines is 2. The van der Waals surface area contributed by atoms with E-state index in [0.29, 0.717) is 11.4 Å². The second-order valence-electron chi connectivity index (χ2n) is 7.28. The van der Waals surface area contributed by atoms with Crippen LogP contribution in [0.5, 0.6) is 0 Å². The summed E-state index contributed by atoms with van der Waals surface area (Å²) in [4.78, 5) is 12.3. The monoisotopic (exact) mass is 374 g/mol. The molecule has 0 aliphatic carbocycles. The molecule has 0 saturated heterocycles. The first kappa shape index (κ1) is 20.0. The highest BCUT2D eigenvalue weighted by Crippen LogP contribution is 2.22. The van der Waals surface area contributed by atoms with E-state index in [1.54, 1.807) is 36.4 Å². The van der Waals surface area contributed by atoms with Crippen LogP contribution in [0.3, 0.4) is 0 Å². The van der Waals surface area contributed by atoms with E-state index in [2.05, 4.69) is 17.0 Å². The molecule has 0 aliphatic rings. The van der Waals surface area contributed by atoms with Gasteiger partial charge in [0.05, 0.1) is 10.6 Å². The van der Waals surface area contributed by atoms with Gasteiger partial charge in [0.25, 0.3) is 10.0 Å². The highest BCUT2D eigenvalue weighted by Gasteiger charge is 2.21. The van der Waals surface area contributed by atoms with Crippen molar-refractivity contribution in [1.29, 1.82) is 0 Å². The Labute approximate surface area is 155 Å². The SMILES string of the molecule is CCCc1ccc(S(=O)(=O)Nc2cccc(NC(=O)C(C)(C)C)c2)cc1. The van der Waals surface area contributed by atoms with Crippen molar-refractivity contribution in [3.8, 4) is 0 Å². The molecule has 6 heteroatoms. The quantitative estimate of drug-likeness (QED) is 0.786. The maximum atomic E-state index is 12.6.